The quantitative estimate of drug-likeness (QED) is 0.151. The first kappa shape index (κ1) is 42.8. The number of pyridine rings is 1. The molecule has 0 saturated heterocycles. The summed E-state index contributed by atoms with van der Waals surface area (Å²) in [5.74, 6) is 0. The second kappa shape index (κ2) is 17.2. The van der Waals surface area contributed by atoms with Gasteiger partial charge in [-0.05, 0) is 139 Å². The van der Waals surface area contributed by atoms with Gasteiger partial charge in [-0.2, -0.15) is 0 Å². The molecule has 13 aromatic rings. The average Bonchev–Trinajstić information content (AvgIpc) is 4.29. The van der Waals surface area contributed by atoms with Gasteiger partial charge in [0.15, 0.2) is 0 Å². The summed E-state index contributed by atoms with van der Waals surface area (Å²) in [4.78, 5) is 7.37. The fraction of sp³-hybridized carbons (Fsp3) is 0.0139. The molecule has 75 heavy (non-hydrogen) atoms. The SMILES string of the molecule is c1ccc(-c2ccc(N(c3ccc4c(c3)C3(c5ccccc5-c5ccccc53)c3ccccc3-4)c3cc(-c4ccccn4)ccc3-c3ccc(-c4ccc5c6ccccc6n(-c6ccccc6)c5c4)cc3)cc2)cc1. The Balaban J connectivity index is 0.929. The van der Waals surface area contributed by atoms with Crippen LogP contribution in [-0.4, -0.2) is 9.55 Å². The van der Waals surface area contributed by atoms with Crippen molar-refractivity contribution in [3.05, 3.63) is 308 Å². The van der Waals surface area contributed by atoms with E-state index < -0.39 is 5.41 Å². The van der Waals surface area contributed by atoms with Crippen LogP contribution in [0.3, 0.4) is 0 Å². The van der Waals surface area contributed by atoms with Crippen LogP contribution in [0.4, 0.5) is 17.1 Å². The van der Waals surface area contributed by atoms with Crippen molar-refractivity contribution < 1.29 is 0 Å². The third-order valence-corrected chi connectivity index (χ3v) is 15.9. The first-order chi connectivity index (χ1) is 37.2. The number of fused-ring (bicyclic) bond motifs is 13. The third-order valence-electron chi connectivity index (χ3n) is 15.9. The van der Waals surface area contributed by atoms with Crippen LogP contribution in [0.25, 0.3) is 94.4 Å². The number of hydrogen-bond donors (Lipinski definition) is 0. The Labute approximate surface area is 436 Å². The lowest BCUT2D eigenvalue weighted by Gasteiger charge is -2.33. The van der Waals surface area contributed by atoms with E-state index in [0.717, 1.165) is 50.7 Å². The van der Waals surface area contributed by atoms with E-state index in [4.69, 9.17) is 4.98 Å². The highest BCUT2D eigenvalue weighted by molar-refractivity contribution is 6.10. The van der Waals surface area contributed by atoms with E-state index in [1.165, 1.54) is 83.0 Å². The van der Waals surface area contributed by atoms with Crippen LogP contribution in [-0.2, 0) is 5.41 Å². The lowest BCUT2D eigenvalue weighted by atomic mass is 9.70. The molecular weight excluding hydrogens is 907 g/mol. The molecular formula is C72H47N3. The van der Waals surface area contributed by atoms with Gasteiger partial charge in [0, 0.05) is 45.2 Å². The monoisotopic (exact) mass is 953 g/mol. The molecule has 3 heteroatoms. The minimum atomic E-state index is -0.495. The van der Waals surface area contributed by atoms with Crippen molar-refractivity contribution in [3.63, 3.8) is 0 Å². The molecule has 350 valence electrons. The molecule has 0 radical (unpaired) electrons. The van der Waals surface area contributed by atoms with Crippen LogP contribution < -0.4 is 4.90 Å². The predicted molar refractivity (Wildman–Crippen MR) is 311 cm³/mol. The van der Waals surface area contributed by atoms with Crippen LogP contribution >= 0.6 is 0 Å². The molecule has 3 nitrogen and oxygen atoms in total. The second-order valence-corrected chi connectivity index (χ2v) is 19.8. The first-order valence-electron chi connectivity index (χ1n) is 25.8. The predicted octanol–water partition coefficient (Wildman–Crippen LogP) is 18.7. The molecule has 0 N–H and O–H groups in total. The maximum atomic E-state index is 4.89. The number of anilines is 3. The van der Waals surface area contributed by atoms with Crippen LogP contribution in [0.15, 0.2) is 285 Å². The summed E-state index contributed by atoms with van der Waals surface area (Å²) in [5, 5.41) is 2.49. The fourth-order valence-electron chi connectivity index (χ4n) is 12.6. The molecule has 0 bridgehead atoms. The summed E-state index contributed by atoms with van der Waals surface area (Å²) in [6, 6.07) is 103. The maximum absolute atomic E-state index is 4.89. The number of aromatic nitrogens is 2. The van der Waals surface area contributed by atoms with Gasteiger partial charge in [0.05, 0.1) is 27.8 Å². The molecule has 1 spiro atoms. The molecule has 2 aromatic heterocycles. The van der Waals surface area contributed by atoms with Gasteiger partial charge in [0.2, 0.25) is 0 Å². The van der Waals surface area contributed by atoms with E-state index in [-0.39, 0.29) is 0 Å². The van der Waals surface area contributed by atoms with Gasteiger partial charge in [-0.15, -0.1) is 0 Å². The Kier molecular flexibility index (Phi) is 9.79. The standard InChI is InChI=1S/C72H47N3/c1-3-17-48(18-4-1)49-34-38-55(39-35-49)74(56-40-43-61-60-23-9-13-27-66(60)72(67(61)47-56)64-25-11-7-21-58(64)59-22-8-12-26-65(59)72)70-46-53(68-28-15-16-44-73-68)37-41-57(70)51-32-30-50(31-33-51)52-36-42-63-62-24-10-14-29-69(62)75(71(63)45-52)54-19-5-2-6-20-54/h1-47H. The number of hydrogen-bond acceptors (Lipinski definition) is 2. The van der Waals surface area contributed by atoms with Gasteiger partial charge in [0.1, 0.15) is 0 Å². The van der Waals surface area contributed by atoms with Gasteiger partial charge in [-0.3, -0.25) is 4.98 Å². The van der Waals surface area contributed by atoms with E-state index in [1.807, 2.05) is 12.3 Å². The van der Waals surface area contributed by atoms with Crippen LogP contribution in [0, 0.1) is 0 Å². The molecule has 2 aliphatic carbocycles. The summed E-state index contributed by atoms with van der Waals surface area (Å²) >= 11 is 0. The highest BCUT2D eigenvalue weighted by Crippen LogP contribution is 2.63. The van der Waals surface area contributed by atoms with Crippen molar-refractivity contribution in [2.75, 3.05) is 4.90 Å². The normalized spacial score (nSPS) is 12.6. The first-order valence-corrected chi connectivity index (χ1v) is 25.8. The van der Waals surface area contributed by atoms with Crippen LogP contribution in [0.2, 0.25) is 0 Å². The second-order valence-electron chi connectivity index (χ2n) is 19.8. The van der Waals surface area contributed by atoms with Gasteiger partial charge >= 0.3 is 0 Å². The summed E-state index contributed by atoms with van der Waals surface area (Å²) in [5.41, 5.74) is 25.5. The Morgan fingerprint density at radius 3 is 1.51 bits per heavy atom. The minimum absolute atomic E-state index is 0.495. The minimum Gasteiger partial charge on any atom is -0.310 e. The lowest BCUT2D eigenvalue weighted by Crippen LogP contribution is -2.26. The molecule has 0 saturated carbocycles. The highest BCUT2D eigenvalue weighted by Gasteiger charge is 2.51. The summed E-state index contributed by atoms with van der Waals surface area (Å²) in [6.07, 6.45) is 1.88. The summed E-state index contributed by atoms with van der Waals surface area (Å²) in [6.45, 7) is 0. The summed E-state index contributed by atoms with van der Waals surface area (Å²) in [7, 11) is 0. The summed E-state index contributed by atoms with van der Waals surface area (Å²) < 4.78 is 2.39. The Morgan fingerprint density at radius 1 is 0.307 bits per heavy atom. The third kappa shape index (κ3) is 6.65. The van der Waals surface area contributed by atoms with Gasteiger partial charge < -0.3 is 9.47 Å². The number of para-hydroxylation sites is 2. The molecule has 11 aromatic carbocycles. The van der Waals surface area contributed by atoms with E-state index in [9.17, 15) is 0 Å². The largest absolute Gasteiger partial charge is 0.310 e. The molecule has 0 fully saturated rings. The van der Waals surface area contributed by atoms with Gasteiger partial charge in [-0.25, -0.2) is 0 Å². The zero-order valence-corrected chi connectivity index (χ0v) is 41.0. The van der Waals surface area contributed by atoms with E-state index in [2.05, 4.69) is 282 Å². The molecule has 0 amide bonds. The molecule has 2 aliphatic rings. The molecule has 0 aliphatic heterocycles. The van der Waals surface area contributed by atoms with Crippen LogP contribution in [0.5, 0.6) is 0 Å². The lowest BCUT2D eigenvalue weighted by molar-refractivity contribution is 0.793. The molecule has 2 heterocycles. The zero-order valence-electron chi connectivity index (χ0n) is 41.0. The Morgan fingerprint density at radius 2 is 0.813 bits per heavy atom. The van der Waals surface area contributed by atoms with E-state index in [0.29, 0.717) is 0 Å². The van der Waals surface area contributed by atoms with Gasteiger partial charge in [-0.1, -0.05) is 212 Å². The van der Waals surface area contributed by atoms with Crippen molar-refractivity contribution in [2.45, 2.75) is 5.41 Å². The van der Waals surface area contributed by atoms with Crippen molar-refractivity contribution in [1.29, 1.82) is 0 Å². The van der Waals surface area contributed by atoms with Crippen molar-refractivity contribution in [3.8, 4) is 72.6 Å². The Hall–Kier alpha value is -9.83. The number of nitrogens with zero attached hydrogens (tertiary/aromatic N) is 3. The van der Waals surface area contributed by atoms with E-state index in [1.54, 1.807) is 0 Å². The van der Waals surface area contributed by atoms with Crippen LogP contribution in [0.1, 0.15) is 22.3 Å². The van der Waals surface area contributed by atoms with Gasteiger partial charge in [0.25, 0.3) is 0 Å². The molecule has 0 unspecified atom stereocenters. The average molecular weight is 954 g/mol. The highest BCUT2D eigenvalue weighted by atomic mass is 15.1. The number of benzene rings is 11. The fourth-order valence-corrected chi connectivity index (χ4v) is 12.6. The van der Waals surface area contributed by atoms with Crippen molar-refractivity contribution in [2.24, 2.45) is 0 Å². The smallest absolute Gasteiger partial charge is 0.0726 e. The number of rotatable bonds is 8. The van der Waals surface area contributed by atoms with Crippen molar-refractivity contribution >= 4 is 38.9 Å². The zero-order chi connectivity index (χ0) is 49.5. The van der Waals surface area contributed by atoms with E-state index >= 15 is 0 Å². The Bertz CT molecular complexity index is 4260. The topological polar surface area (TPSA) is 21.1 Å². The van der Waals surface area contributed by atoms with Crippen molar-refractivity contribution in [1.82, 2.24) is 9.55 Å². The maximum Gasteiger partial charge on any atom is 0.0726 e. The molecule has 0 atom stereocenters. The molecule has 15 rings (SSSR count).